The quantitative estimate of drug-likeness (QED) is 0.207. The molecule has 0 saturated carbocycles. The molecule has 3 aromatic rings. The third-order valence-electron chi connectivity index (χ3n) is 4.31. The van der Waals surface area contributed by atoms with E-state index in [0.29, 0.717) is 10.9 Å². The molecule has 0 aliphatic carbocycles. The highest BCUT2D eigenvalue weighted by Gasteiger charge is 2.31. The van der Waals surface area contributed by atoms with Gasteiger partial charge in [-0.3, -0.25) is 4.79 Å². The van der Waals surface area contributed by atoms with Gasteiger partial charge in [0, 0.05) is 17.3 Å². The van der Waals surface area contributed by atoms with Gasteiger partial charge in [-0.2, -0.15) is 13.2 Å². The smallest absolute Gasteiger partial charge is 0.416 e. The van der Waals surface area contributed by atoms with Gasteiger partial charge in [0.05, 0.1) is 5.56 Å². The zero-order valence-electron chi connectivity index (χ0n) is 19.9. The molecule has 198 valence electrons. The Hall–Kier alpha value is -2.47. The number of aromatic nitrogens is 1. The standard InChI is InChI=1S/C20H13Br2F5N2O3.2C2H6/c21-8-7-13(31-12-6-5-11(23)14(15(12)24)18(28)30)19-29-16(17(22)32-19)9-1-3-10(4-2-9)20(25,26)27;2*1-2/h1-6,13H,7-8H2,(H2,28,30);2*1-2H3. The summed E-state index contributed by atoms with van der Waals surface area (Å²) in [5, 5.41) is 0.374. The molecule has 1 heterocycles. The van der Waals surface area contributed by atoms with Crippen LogP contribution in [0, 0.1) is 11.6 Å². The van der Waals surface area contributed by atoms with E-state index in [0.717, 1.165) is 24.3 Å². The van der Waals surface area contributed by atoms with E-state index in [-0.39, 0.29) is 22.7 Å². The van der Waals surface area contributed by atoms with Gasteiger partial charge < -0.3 is 14.9 Å². The first kappa shape index (κ1) is 31.6. The summed E-state index contributed by atoms with van der Waals surface area (Å²) < 4.78 is 77.9. The number of halogens is 7. The first-order chi connectivity index (χ1) is 17.0. The molecule has 0 saturated heterocycles. The Kier molecular flexibility index (Phi) is 12.5. The second kappa shape index (κ2) is 14.3. The normalized spacial score (nSPS) is 11.5. The first-order valence-corrected chi connectivity index (χ1v) is 12.8. The van der Waals surface area contributed by atoms with Crippen LogP contribution in [-0.2, 0) is 6.18 Å². The van der Waals surface area contributed by atoms with E-state index < -0.39 is 46.7 Å². The van der Waals surface area contributed by atoms with Crippen LogP contribution < -0.4 is 10.5 Å². The summed E-state index contributed by atoms with van der Waals surface area (Å²) in [5.41, 5.74) is 3.79. The molecule has 12 heteroatoms. The van der Waals surface area contributed by atoms with Crippen LogP contribution in [0.1, 0.15) is 62.0 Å². The maximum absolute atomic E-state index is 14.6. The number of oxazole rings is 1. The van der Waals surface area contributed by atoms with Gasteiger partial charge in [-0.25, -0.2) is 13.8 Å². The Balaban J connectivity index is 0.00000154. The molecule has 1 atom stereocenters. The Morgan fingerprint density at radius 3 is 2.17 bits per heavy atom. The molecule has 36 heavy (non-hydrogen) atoms. The summed E-state index contributed by atoms with van der Waals surface area (Å²) in [6, 6.07) is 6.10. The molecule has 1 unspecified atom stereocenters. The Morgan fingerprint density at radius 1 is 1.08 bits per heavy atom. The number of nitrogens with two attached hydrogens (primary N) is 1. The molecular formula is C24H25Br2F5N2O3. The van der Waals surface area contributed by atoms with Gasteiger partial charge in [-0.05, 0) is 40.2 Å². The highest BCUT2D eigenvalue weighted by atomic mass is 79.9. The lowest BCUT2D eigenvalue weighted by atomic mass is 10.1. The number of rotatable bonds is 7. The van der Waals surface area contributed by atoms with Gasteiger partial charge in [0.25, 0.3) is 5.91 Å². The van der Waals surface area contributed by atoms with Crippen LogP contribution in [0.2, 0.25) is 0 Å². The summed E-state index contributed by atoms with van der Waals surface area (Å²) in [7, 11) is 0. The van der Waals surface area contributed by atoms with Crippen molar-refractivity contribution in [1.29, 1.82) is 0 Å². The highest BCUT2D eigenvalue weighted by molar-refractivity contribution is 9.10. The minimum Gasteiger partial charge on any atom is -0.478 e. The SMILES string of the molecule is CC.CC.NC(=O)c1c(F)ccc(OC(CCBr)c2nc(-c3ccc(C(F)(F)F)cc3)c(Br)o2)c1F. The number of carbonyl (C=O) groups excluding carboxylic acids is 1. The number of ether oxygens (including phenoxy) is 1. The highest BCUT2D eigenvalue weighted by Crippen LogP contribution is 2.36. The van der Waals surface area contributed by atoms with E-state index in [4.69, 9.17) is 14.9 Å². The monoisotopic (exact) mass is 642 g/mol. The number of hydrogen-bond donors (Lipinski definition) is 1. The minimum atomic E-state index is -4.48. The Morgan fingerprint density at radius 2 is 1.67 bits per heavy atom. The van der Waals surface area contributed by atoms with Gasteiger partial charge in [0.1, 0.15) is 17.1 Å². The number of hydrogen-bond acceptors (Lipinski definition) is 4. The topological polar surface area (TPSA) is 78.4 Å². The van der Waals surface area contributed by atoms with Crippen molar-refractivity contribution in [1.82, 2.24) is 4.98 Å². The molecule has 3 rings (SSSR count). The maximum Gasteiger partial charge on any atom is 0.416 e. The van der Waals surface area contributed by atoms with Crippen molar-refractivity contribution < 1.29 is 35.9 Å². The Bertz CT molecular complexity index is 1140. The summed E-state index contributed by atoms with van der Waals surface area (Å²) in [6.07, 6.45) is -5.24. The molecule has 2 N–H and O–H groups in total. The molecule has 0 radical (unpaired) electrons. The Labute approximate surface area is 222 Å². The van der Waals surface area contributed by atoms with Crippen LogP contribution in [0.5, 0.6) is 5.75 Å². The van der Waals surface area contributed by atoms with E-state index in [1.54, 1.807) is 0 Å². The molecule has 0 aliphatic rings. The number of alkyl halides is 4. The molecule has 1 aromatic heterocycles. The van der Waals surface area contributed by atoms with E-state index in [1.807, 2.05) is 27.7 Å². The summed E-state index contributed by atoms with van der Waals surface area (Å²) in [4.78, 5) is 15.6. The molecule has 2 aromatic carbocycles. The van der Waals surface area contributed by atoms with Gasteiger partial charge in [-0.1, -0.05) is 55.8 Å². The molecule has 0 bridgehead atoms. The summed E-state index contributed by atoms with van der Waals surface area (Å²) in [5.74, 6) is -4.17. The summed E-state index contributed by atoms with van der Waals surface area (Å²) in [6.45, 7) is 8.00. The van der Waals surface area contributed by atoms with Crippen molar-refractivity contribution in [2.45, 2.75) is 46.4 Å². The number of primary amides is 1. The van der Waals surface area contributed by atoms with Crippen LogP contribution in [0.15, 0.2) is 45.5 Å². The molecular weight excluding hydrogens is 619 g/mol. The second-order valence-electron chi connectivity index (χ2n) is 6.43. The molecule has 0 spiro atoms. The average Bonchev–Trinajstić information content (AvgIpc) is 3.23. The zero-order valence-corrected chi connectivity index (χ0v) is 23.0. The average molecular weight is 644 g/mol. The van der Waals surface area contributed by atoms with Crippen molar-refractivity contribution in [3.63, 3.8) is 0 Å². The zero-order chi connectivity index (χ0) is 27.6. The van der Waals surface area contributed by atoms with Crippen LogP contribution >= 0.6 is 31.9 Å². The van der Waals surface area contributed by atoms with Crippen molar-refractivity contribution >= 4 is 37.8 Å². The van der Waals surface area contributed by atoms with Gasteiger partial charge in [-0.15, -0.1) is 0 Å². The lowest BCUT2D eigenvalue weighted by Gasteiger charge is -2.16. The first-order valence-electron chi connectivity index (χ1n) is 10.9. The number of carbonyl (C=O) groups is 1. The molecule has 5 nitrogen and oxygen atoms in total. The minimum absolute atomic E-state index is 0.0180. The molecule has 0 aliphatic heterocycles. The lowest BCUT2D eigenvalue weighted by Crippen LogP contribution is -2.17. The number of nitrogens with zero attached hydrogens (tertiary/aromatic N) is 1. The fraction of sp³-hybridized carbons (Fsp3) is 0.333. The summed E-state index contributed by atoms with van der Waals surface area (Å²) >= 11 is 6.40. The van der Waals surface area contributed by atoms with E-state index in [1.165, 1.54) is 12.1 Å². The maximum atomic E-state index is 14.6. The van der Waals surface area contributed by atoms with Gasteiger partial charge in [0.15, 0.2) is 22.3 Å². The predicted octanol–water partition coefficient (Wildman–Crippen LogP) is 8.46. The largest absolute Gasteiger partial charge is 0.478 e. The van der Waals surface area contributed by atoms with Crippen LogP contribution in [0.4, 0.5) is 22.0 Å². The second-order valence-corrected chi connectivity index (χ2v) is 7.95. The number of benzene rings is 2. The number of amides is 1. The third-order valence-corrected chi connectivity index (χ3v) is 5.30. The fourth-order valence-electron chi connectivity index (χ4n) is 2.79. The fourth-order valence-corrected chi connectivity index (χ4v) is 3.68. The molecule has 0 fully saturated rings. The van der Waals surface area contributed by atoms with Gasteiger partial charge in [0.2, 0.25) is 5.89 Å². The van der Waals surface area contributed by atoms with E-state index in [9.17, 15) is 26.7 Å². The van der Waals surface area contributed by atoms with E-state index >= 15 is 0 Å². The van der Waals surface area contributed by atoms with Crippen LogP contribution in [0.3, 0.4) is 0 Å². The third kappa shape index (κ3) is 7.76. The van der Waals surface area contributed by atoms with Crippen molar-refractivity contribution in [3.05, 3.63) is 69.7 Å². The molecule has 1 amide bonds. The van der Waals surface area contributed by atoms with Crippen molar-refractivity contribution in [2.24, 2.45) is 5.73 Å². The van der Waals surface area contributed by atoms with Crippen molar-refractivity contribution in [3.8, 4) is 17.0 Å². The lowest BCUT2D eigenvalue weighted by molar-refractivity contribution is -0.137. The van der Waals surface area contributed by atoms with Crippen LogP contribution in [0.25, 0.3) is 11.3 Å². The van der Waals surface area contributed by atoms with Crippen LogP contribution in [-0.4, -0.2) is 16.2 Å². The van der Waals surface area contributed by atoms with Gasteiger partial charge >= 0.3 is 6.18 Å². The predicted molar refractivity (Wildman–Crippen MR) is 134 cm³/mol. The van der Waals surface area contributed by atoms with E-state index in [2.05, 4.69) is 36.8 Å². The van der Waals surface area contributed by atoms with Crippen molar-refractivity contribution in [2.75, 3.05) is 5.33 Å².